The van der Waals surface area contributed by atoms with Crippen molar-refractivity contribution in [1.29, 1.82) is 0 Å². The third-order valence-electron chi connectivity index (χ3n) is 4.54. The molecule has 0 unspecified atom stereocenters. The number of amides is 1. The number of nitrogens with zero attached hydrogens (tertiary/aromatic N) is 3. The van der Waals surface area contributed by atoms with Crippen molar-refractivity contribution in [2.24, 2.45) is 0 Å². The first-order chi connectivity index (χ1) is 12.6. The minimum absolute atomic E-state index is 0.0679. The number of aromatic nitrogens is 3. The fourth-order valence-corrected chi connectivity index (χ4v) is 3.57. The fourth-order valence-electron chi connectivity index (χ4n) is 3.34. The van der Waals surface area contributed by atoms with Gasteiger partial charge in [0.2, 0.25) is 0 Å². The maximum Gasteiger partial charge on any atom is 0.282 e. The average Bonchev–Trinajstić information content (AvgIpc) is 3.04. The summed E-state index contributed by atoms with van der Waals surface area (Å²) in [6.45, 7) is 0.515. The van der Waals surface area contributed by atoms with E-state index in [1.54, 1.807) is 35.2 Å². The van der Waals surface area contributed by atoms with Crippen LogP contribution in [0.15, 0.2) is 30.6 Å². The van der Waals surface area contributed by atoms with Gasteiger partial charge in [-0.3, -0.25) is 9.78 Å². The Labute approximate surface area is 153 Å². The van der Waals surface area contributed by atoms with Crippen LogP contribution in [0.4, 0.5) is 14.5 Å². The molecule has 0 spiro atoms. The van der Waals surface area contributed by atoms with Crippen LogP contribution in [0.1, 0.15) is 41.3 Å². The second kappa shape index (κ2) is 6.64. The lowest BCUT2D eigenvalue weighted by atomic mass is 10.1. The summed E-state index contributed by atoms with van der Waals surface area (Å²) >= 11 is 6.17. The van der Waals surface area contributed by atoms with Gasteiger partial charge in [0, 0.05) is 41.2 Å². The summed E-state index contributed by atoms with van der Waals surface area (Å²) in [5, 5.41) is 4.62. The number of nitrogens with one attached hydrogen (secondary N) is 1. The van der Waals surface area contributed by atoms with Gasteiger partial charge in [0.15, 0.2) is 0 Å². The van der Waals surface area contributed by atoms with E-state index in [2.05, 4.69) is 15.3 Å². The number of fused-ring (bicyclic) bond motifs is 2. The Bertz CT molecular complexity index is 1000. The molecular formula is C18H15ClF2N4O. The lowest BCUT2D eigenvalue weighted by Crippen LogP contribution is -2.21. The molecule has 134 valence electrons. The summed E-state index contributed by atoms with van der Waals surface area (Å²) in [5.41, 5.74) is -0.0634. The van der Waals surface area contributed by atoms with Gasteiger partial charge in [0.05, 0.1) is 5.69 Å². The number of aryl methyl sites for hydroxylation is 1. The highest BCUT2D eigenvalue weighted by molar-refractivity contribution is 6.36. The van der Waals surface area contributed by atoms with E-state index < -0.39 is 18.0 Å². The molecule has 1 amide bonds. The Kier molecular flexibility index (Phi) is 4.32. The largest absolute Gasteiger partial charge is 0.324 e. The number of halogens is 3. The third-order valence-corrected chi connectivity index (χ3v) is 4.87. The molecule has 0 fully saturated rings. The zero-order valence-corrected chi connectivity index (χ0v) is 14.4. The molecule has 1 aliphatic rings. The number of anilines is 1. The molecule has 1 aliphatic heterocycles. The third kappa shape index (κ3) is 2.82. The first-order valence-corrected chi connectivity index (χ1v) is 8.65. The summed E-state index contributed by atoms with van der Waals surface area (Å²) in [4.78, 5) is 20.9. The maximum absolute atomic E-state index is 13.4. The molecule has 8 heteroatoms. The van der Waals surface area contributed by atoms with Gasteiger partial charge in [-0.1, -0.05) is 11.6 Å². The second-order valence-electron chi connectivity index (χ2n) is 6.14. The van der Waals surface area contributed by atoms with Crippen molar-refractivity contribution in [3.05, 3.63) is 52.8 Å². The first kappa shape index (κ1) is 16.9. The van der Waals surface area contributed by atoms with Crippen LogP contribution < -0.4 is 5.32 Å². The van der Waals surface area contributed by atoms with E-state index >= 15 is 0 Å². The van der Waals surface area contributed by atoms with Crippen LogP contribution in [-0.2, 0) is 13.0 Å². The number of imidazole rings is 1. The summed E-state index contributed by atoms with van der Waals surface area (Å²) in [5.74, 6) is -0.0623. The van der Waals surface area contributed by atoms with Crippen LogP contribution in [0.3, 0.4) is 0 Å². The van der Waals surface area contributed by atoms with E-state index in [4.69, 9.17) is 11.6 Å². The molecule has 0 radical (unpaired) electrons. The number of carbonyl (C=O) groups excluding carboxylic acids is 1. The molecule has 1 N–H and O–H groups in total. The molecule has 26 heavy (non-hydrogen) atoms. The number of alkyl halides is 2. The zero-order chi connectivity index (χ0) is 18.3. The van der Waals surface area contributed by atoms with E-state index in [0.29, 0.717) is 34.9 Å². The quantitative estimate of drug-likeness (QED) is 0.726. The Morgan fingerprint density at radius 1 is 1.23 bits per heavy atom. The Balaban J connectivity index is 1.76. The molecule has 0 atom stereocenters. The van der Waals surface area contributed by atoms with Gasteiger partial charge in [0.25, 0.3) is 12.3 Å². The van der Waals surface area contributed by atoms with Crippen LogP contribution in [0.2, 0.25) is 5.02 Å². The molecule has 3 heterocycles. The standard InChI is InChI=1S/C18H15ClF2N4O/c19-12-4-5-13(11-9-22-7-6-10(11)12)23-18(26)16-15(17(20)21)24-14-3-1-2-8-25(14)16/h4-7,9,17H,1-3,8H2,(H,23,26). The average molecular weight is 377 g/mol. The predicted octanol–water partition coefficient (Wildman–Crippen LogP) is 4.61. The summed E-state index contributed by atoms with van der Waals surface area (Å²) in [6.07, 6.45) is 2.69. The number of rotatable bonds is 3. The molecule has 3 aromatic rings. The van der Waals surface area contributed by atoms with Crippen LogP contribution in [0.5, 0.6) is 0 Å². The lowest BCUT2D eigenvalue weighted by Gasteiger charge is -2.17. The van der Waals surface area contributed by atoms with E-state index in [9.17, 15) is 13.6 Å². The van der Waals surface area contributed by atoms with Crippen LogP contribution in [0, 0.1) is 0 Å². The van der Waals surface area contributed by atoms with E-state index in [0.717, 1.165) is 18.2 Å². The minimum atomic E-state index is -2.81. The second-order valence-corrected chi connectivity index (χ2v) is 6.55. The van der Waals surface area contributed by atoms with Crippen molar-refractivity contribution in [3.63, 3.8) is 0 Å². The number of benzene rings is 1. The Morgan fingerprint density at radius 2 is 2.08 bits per heavy atom. The number of carbonyl (C=O) groups is 1. The predicted molar refractivity (Wildman–Crippen MR) is 94.8 cm³/mol. The molecule has 0 saturated carbocycles. The smallest absolute Gasteiger partial charge is 0.282 e. The van der Waals surface area contributed by atoms with Crippen molar-refractivity contribution in [2.45, 2.75) is 32.2 Å². The summed E-state index contributed by atoms with van der Waals surface area (Å²) in [7, 11) is 0. The highest BCUT2D eigenvalue weighted by Crippen LogP contribution is 2.31. The molecule has 5 nitrogen and oxygen atoms in total. The fraction of sp³-hybridized carbons (Fsp3) is 0.278. The van der Waals surface area contributed by atoms with Gasteiger partial charge in [-0.15, -0.1) is 0 Å². The van der Waals surface area contributed by atoms with E-state index in [-0.39, 0.29) is 5.69 Å². The topological polar surface area (TPSA) is 59.8 Å². The van der Waals surface area contributed by atoms with Crippen molar-refractivity contribution < 1.29 is 13.6 Å². The normalized spacial score (nSPS) is 13.8. The van der Waals surface area contributed by atoms with Crippen molar-refractivity contribution in [2.75, 3.05) is 5.32 Å². The SMILES string of the molecule is O=C(Nc1ccc(Cl)c2ccncc12)c1c(C(F)F)nc2n1CCCC2. The van der Waals surface area contributed by atoms with Crippen molar-refractivity contribution in [3.8, 4) is 0 Å². The minimum Gasteiger partial charge on any atom is -0.324 e. The molecular weight excluding hydrogens is 362 g/mol. The van der Waals surface area contributed by atoms with Crippen molar-refractivity contribution in [1.82, 2.24) is 14.5 Å². The molecule has 0 aliphatic carbocycles. The monoisotopic (exact) mass is 376 g/mol. The van der Waals surface area contributed by atoms with Crippen LogP contribution in [0.25, 0.3) is 10.8 Å². The van der Waals surface area contributed by atoms with Crippen LogP contribution in [-0.4, -0.2) is 20.4 Å². The van der Waals surface area contributed by atoms with Gasteiger partial charge in [0.1, 0.15) is 17.2 Å². The molecule has 1 aromatic carbocycles. The van der Waals surface area contributed by atoms with Gasteiger partial charge in [-0.05, 0) is 31.0 Å². The first-order valence-electron chi connectivity index (χ1n) is 8.27. The highest BCUT2D eigenvalue weighted by atomic mass is 35.5. The van der Waals surface area contributed by atoms with Gasteiger partial charge < -0.3 is 9.88 Å². The van der Waals surface area contributed by atoms with Gasteiger partial charge >= 0.3 is 0 Å². The molecule has 0 saturated heterocycles. The molecule has 2 aromatic heterocycles. The maximum atomic E-state index is 13.4. The summed E-state index contributed by atoms with van der Waals surface area (Å²) in [6, 6.07) is 5.03. The zero-order valence-electron chi connectivity index (χ0n) is 13.7. The Morgan fingerprint density at radius 3 is 2.88 bits per heavy atom. The molecule has 4 rings (SSSR count). The van der Waals surface area contributed by atoms with E-state index in [1.807, 2.05) is 0 Å². The number of pyridine rings is 1. The number of hydrogen-bond acceptors (Lipinski definition) is 3. The van der Waals surface area contributed by atoms with Gasteiger partial charge in [-0.25, -0.2) is 13.8 Å². The Hall–Kier alpha value is -2.54. The van der Waals surface area contributed by atoms with Crippen molar-refractivity contribution >= 4 is 34.0 Å². The highest BCUT2D eigenvalue weighted by Gasteiger charge is 2.29. The lowest BCUT2D eigenvalue weighted by molar-refractivity contribution is 0.0996. The van der Waals surface area contributed by atoms with Gasteiger partial charge in [-0.2, -0.15) is 0 Å². The molecule has 0 bridgehead atoms. The van der Waals surface area contributed by atoms with Crippen LogP contribution >= 0.6 is 11.6 Å². The number of hydrogen-bond donors (Lipinski definition) is 1. The van der Waals surface area contributed by atoms with E-state index in [1.165, 1.54) is 0 Å². The summed E-state index contributed by atoms with van der Waals surface area (Å²) < 4.78 is 28.5.